The van der Waals surface area contributed by atoms with Gasteiger partial charge in [0.15, 0.2) is 17.6 Å². The van der Waals surface area contributed by atoms with Crippen LogP contribution in [0.25, 0.3) is 0 Å². The molecule has 0 saturated heterocycles. The molecule has 0 fully saturated rings. The molecule has 0 saturated carbocycles. The van der Waals surface area contributed by atoms with Gasteiger partial charge in [-0.15, -0.1) is 0 Å². The maximum Gasteiger partial charge on any atom is 0.261 e. The Bertz CT molecular complexity index is 815. The number of amides is 1. The topological polar surface area (TPSA) is 66.0 Å². The van der Waals surface area contributed by atoms with Gasteiger partial charge in [0.1, 0.15) is 5.75 Å². The average molecular weight is 416 g/mol. The van der Waals surface area contributed by atoms with Crippen molar-refractivity contribution in [1.29, 1.82) is 0 Å². The summed E-state index contributed by atoms with van der Waals surface area (Å²) in [4.78, 5) is 12.7. The monoisotopic (exact) mass is 415 g/mol. The largest absolute Gasteiger partial charge is 0.493 e. The van der Waals surface area contributed by atoms with E-state index in [0.29, 0.717) is 36.0 Å². The number of benzene rings is 2. The first-order chi connectivity index (χ1) is 14.2. The number of methoxy groups -OCH3 is 3. The summed E-state index contributed by atoms with van der Waals surface area (Å²) in [7, 11) is 4.68. The molecular formula is C24H33NO5. The molecule has 0 aliphatic carbocycles. The Morgan fingerprint density at radius 1 is 0.967 bits per heavy atom. The predicted molar refractivity (Wildman–Crippen MR) is 118 cm³/mol. The van der Waals surface area contributed by atoms with Gasteiger partial charge in [0.05, 0.1) is 21.3 Å². The fourth-order valence-electron chi connectivity index (χ4n) is 3.06. The third-order valence-electron chi connectivity index (χ3n) is 4.85. The zero-order valence-electron chi connectivity index (χ0n) is 19.0. The van der Waals surface area contributed by atoms with Gasteiger partial charge in [0.25, 0.3) is 5.91 Å². The van der Waals surface area contributed by atoms with E-state index in [1.54, 1.807) is 21.3 Å². The molecule has 1 amide bonds. The van der Waals surface area contributed by atoms with Gasteiger partial charge >= 0.3 is 0 Å². The standard InChI is InChI=1S/C24H33NO5/c1-8-19(30-18-11-9-17(10-12-18)24(2,3)4)23(26)25-15-16-13-20(27-5)22(29-7)21(14-16)28-6/h9-14,19H,8,15H2,1-7H3,(H,25,26)/t19-/m0/s1. The van der Waals surface area contributed by atoms with E-state index < -0.39 is 6.10 Å². The molecule has 1 atom stereocenters. The molecule has 2 aromatic rings. The summed E-state index contributed by atoms with van der Waals surface area (Å²) in [5.41, 5.74) is 2.12. The van der Waals surface area contributed by atoms with E-state index in [1.165, 1.54) is 5.56 Å². The highest BCUT2D eigenvalue weighted by Crippen LogP contribution is 2.38. The van der Waals surface area contributed by atoms with E-state index in [4.69, 9.17) is 18.9 Å². The maximum atomic E-state index is 12.7. The number of carbonyl (C=O) groups excluding carboxylic acids is 1. The molecule has 2 rings (SSSR count). The summed E-state index contributed by atoms with van der Waals surface area (Å²) in [5, 5.41) is 2.93. The molecule has 6 heteroatoms. The lowest BCUT2D eigenvalue weighted by molar-refractivity contribution is -0.128. The number of nitrogens with one attached hydrogen (secondary N) is 1. The Hall–Kier alpha value is -2.89. The third-order valence-corrected chi connectivity index (χ3v) is 4.85. The molecule has 6 nitrogen and oxygen atoms in total. The molecule has 0 aliphatic heterocycles. The van der Waals surface area contributed by atoms with Crippen LogP contribution in [0.15, 0.2) is 36.4 Å². The van der Waals surface area contributed by atoms with Crippen LogP contribution in [0, 0.1) is 0 Å². The Labute approximate surface area is 179 Å². The Morgan fingerprint density at radius 2 is 1.53 bits per heavy atom. The molecule has 164 valence electrons. The molecule has 30 heavy (non-hydrogen) atoms. The van der Waals surface area contributed by atoms with Crippen molar-refractivity contribution in [2.24, 2.45) is 0 Å². The van der Waals surface area contributed by atoms with E-state index in [9.17, 15) is 4.79 Å². The van der Waals surface area contributed by atoms with Crippen LogP contribution < -0.4 is 24.3 Å². The first kappa shape index (κ1) is 23.4. The van der Waals surface area contributed by atoms with Gasteiger partial charge in [-0.25, -0.2) is 0 Å². The summed E-state index contributed by atoms with van der Waals surface area (Å²) >= 11 is 0. The summed E-state index contributed by atoms with van der Waals surface area (Å²) in [5.74, 6) is 2.11. The van der Waals surface area contributed by atoms with Crippen molar-refractivity contribution in [3.8, 4) is 23.0 Å². The van der Waals surface area contributed by atoms with Crippen molar-refractivity contribution < 1.29 is 23.7 Å². The van der Waals surface area contributed by atoms with Crippen LogP contribution in [0.2, 0.25) is 0 Å². The van der Waals surface area contributed by atoms with Crippen LogP contribution in [0.3, 0.4) is 0 Å². The molecular weight excluding hydrogens is 382 g/mol. The Morgan fingerprint density at radius 3 is 1.97 bits per heavy atom. The molecule has 0 spiro atoms. The van der Waals surface area contributed by atoms with E-state index in [2.05, 4.69) is 26.1 Å². The highest BCUT2D eigenvalue weighted by atomic mass is 16.5. The van der Waals surface area contributed by atoms with Gasteiger partial charge < -0.3 is 24.3 Å². The van der Waals surface area contributed by atoms with E-state index in [-0.39, 0.29) is 11.3 Å². The second-order valence-corrected chi connectivity index (χ2v) is 8.04. The van der Waals surface area contributed by atoms with Crippen LogP contribution in [0.4, 0.5) is 0 Å². The molecule has 0 unspecified atom stereocenters. The van der Waals surface area contributed by atoms with Crippen molar-refractivity contribution in [3.63, 3.8) is 0 Å². The molecule has 2 aromatic carbocycles. The van der Waals surface area contributed by atoms with E-state index >= 15 is 0 Å². The minimum atomic E-state index is -0.576. The van der Waals surface area contributed by atoms with Crippen molar-refractivity contribution in [3.05, 3.63) is 47.5 Å². The van der Waals surface area contributed by atoms with Gasteiger partial charge in [-0.3, -0.25) is 4.79 Å². The summed E-state index contributed by atoms with van der Waals surface area (Å²) in [6.07, 6.45) is -0.0187. The average Bonchev–Trinajstić information content (AvgIpc) is 2.74. The fourth-order valence-corrected chi connectivity index (χ4v) is 3.06. The lowest BCUT2D eigenvalue weighted by Gasteiger charge is -2.21. The van der Waals surface area contributed by atoms with Gasteiger partial charge in [-0.1, -0.05) is 39.8 Å². The van der Waals surface area contributed by atoms with Crippen molar-refractivity contribution in [1.82, 2.24) is 5.32 Å². The van der Waals surface area contributed by atoms with Gasteiger partial charge in [-0.2, -0.15) is 0 Å². The zero-order valence-corrected chi connectivity index (χ0v) is 19.0. The fraction of sp³-hybridized carbons (Fsp3) is 0.458. The van der Waals surface area contributed by atoms with Gasteiger partial charge in [0, 0.05) is 6.54 Å². The highest BCUT2D eigenvalue weighted by molar-refractivity contribution is 5.81. The summed E-state index contributed by atoms with van der Waals surface area (Å²) in [6.45, 7) is 8.72. The number of hydrogen-bond donors (Lipinski definition) is 1. The number of carbonyl (C=O) groups is 1. The minimum Gasteiger partial charge on any atom is -0.493 e. The highest BCUT2D eigenvalue weighted by Gasteiger charge is 2.20. The number of ether oxygens (including phenoxy) is 4. The van der Waals surface area contributed by atoms with E-state index in [1.807, 2.05) is 43.3 Å². The smallest absolute Gasteiger partial charge is 0.261 e. The Balaban J connectivity index is 2.05. The second-order valence-electron chi connectivity index (χ2n) is 8.04. The lowest BCUT2D eigenvalue weighted by Crippen LogP contribution is -2.37. The van der Waals surface area contributed by atoms with Gasteiger partial charge in [0.2, 0.25) is 5.75 Å². The van der Waals surface area contributed by atoms with Crippen molar-refractivity contribution in [2.45, 2.75) is 52.2 Å². The second kappa shape index (κ2) is 10.2. The van der Waals surface area contributed by atoms with E-state index in [0.717, 1.165) is 5.56 Å². The number of hydrogen-bond acceptors (Lipinski definition) is 5. The molecule has 0 aromatic heterocycles. The van der Waals surface area contributed by atoms with Crippen LogP contribution in [-0.4, -0.2) is 33.3 Å². The third kappa shape index (κ3) is 5.81. The zero-order chi connectivity index (χ0) is 22.3. The quantitative estimate of drug-likeness (QED) is 0.654. The molecule has 1 N–H and O–H groups in total. The van der Waals surface area contributed by atoms with Crippen LogP contribution in [-0.2, 0) is 16.8 Å². The normalized spacial score (nSPS) is 12.1. The number of rotatable bonds is 9. The first-order valence-electron chi connectivity index (χ1n) is 10.1. The van der Waals surface area contributed by atoms with Crippen molar-refractivity contribution in [2.75, 3.05) is 21.3 Å². The summed E-state index contributed by atoms with van der Waals surface area (Å²) in [6, 6.07) is 11.5. The molecule has 0 heterocycles. The van der Waals surface area contributed by atoms with Crippen LogP contribution in [0.1, 0.15) is 45.2 Å². The predicted octanol–water partition coefficient (Wildman–Crippen LogP) is 4.48. The van der Waals surface area contributed by atoms with Gasteiger partial charge in [-0.05, 0) is 47.2 Å². The van der Waals surface area contributed by atoms with Crippen LogP contribution >= 0.6 is 0 Å². The SMILES string of the molecule is CC[C@H](Oc1ccc(C(C)(C)C)cc1)C(=O)NCc1cc(OC)c(OC)c(OC)c1. The van der Waals surface area contributed by atoms with Crippen LogP contribution in [0.5, 0.6) is 23.0 Å². The first-order valence-corrected chi connectivity index (χ1v) is 10.1. The Kier molecular flexibility index (Phi) is 7.98. The molecule has 0 radical (unpaired) electrons. The molecule has 0 aliphatic rings. The minimum absolute atomic E-state index is 0.0700. The van der Waals surface area contributed by atoms with Crippen molar-refractivity contribution >= 4 is 5.91 Å². The summed E-state index contributed by atoms with van der Waals surface area (Å²) < 4.78 is 22.0. The molecule has 0 bridgehead atoms. The maximum absolute atomic E-state index is 12.7. The lowest BCUT2D eigenvalue weighted by atomic mass is 9.87.